The van der Waals surface area contributed by atoms with E-state index in [1.807, 2.05) is 19.1 Å². The Morgan fingerprint density at radius 3 is 1.22 bits per heavy atom. The minimum atomic E-state index is -4.00. The molecular weight excluding hydrogens is 440 g/mol. The summed E-state index contributed by atoms with van der Waals surface area (Å²) in [6, 6.07) is 13.5. The highest BCUT2D eigenvalue weighted by Gasteiger charge is 2.39. The first-order valence-corrected chi connectivity index (χ1v) is 10.2. The van der Waals surface area contributed by atoms with E-state index in [1.165, 1.54) is 12.1 Å². The van der Waals surface area contributed by atoms with Crippen LogP contribution < -0.4 is 0 Å². The number of benzene rings is 2. The number of halogens is 8. The topological polar surface area (TPSA) is 0 Å². The Labute approximate surface area is 184 Å². The standard InChI is InChI=1S/C20H24F2.2C2H3F3/c1-4-10-15(5-2)20(3,16-11-6-8-13-18(16)21)17-12-7-9-14-19(17)22;2*1-2(3,4)5/h6-9,11-15H,4-5,10H2,1-3H3;2*1H3. The van der Waals surface area contributed by atoms with Crippen molar-refractivity contribution in [3.05, 3.63) is 71.3 Å². The third-order valence-electron chi connectivity index (χ3n) is 4.81. The second-order valence-electron chi connectivity index (χ2n) is 7.62. The van der Waals surface area contributed by atoms with Crippen molar-refractivity contribution in [2.45, 2.75) is 71.6 Å². The first kappa shape index (κ1) is 29.9. The van der Waals surface area contributed by atoms with Gasteiger partial charge in [-0.2, -0.15) is 26.3 Å². The molecule has 0 aromatic heterocycles. The van der Waals surface area contributed by atoms with Crippen molar-refractivity contribution in [3.8, 4) is 0 Å². The largest absolute Gasteiger partial charge is 0.386 e. The Morgan fingerprint density at radius 2 is 0.969 bits per heavy atom. The van der Waals surface area contributed by atoms with Gasteiger partial charge in [0.25, 0.3) is 0 Å². The molecule has 0 aliphatic heterocycles. The van der Waals surface area contributed by atoms with Crippen LogP contribution >= 0.6 is 0 Å². The molecule has 1 atom stereocenters. The summed E-state index contributed by atoms with van der Waals surface area (Å²) in [5, 5.41) is 0. The molecule has 182 valence electrons. The van der Waals surface area contributed by atoms with Gasteiger partial charge in [-0.15, -0.1) is 0 Å². The lowest BCUT2D eigenvalue weighted by atomic mass is 9.64. The van der Waals surface area contributed by atoms with Gasteiger partial charge in [-0.1, -0.05) is 70.0 Å². The van der Waals surface area contributed by atoms with Gasteiger partial charge in [-0.3, -0.25) is 0 Å². The minimum Gasteiger partial charge on any atom is -0.207 e. The Balaban J connectivity index is 0.000000805. The average Bonchev–Trinajstić information content (AvgIpc) is 2.63. The summed E-state index contributed by atoms with van der Waals surface area (Å²) in [5.74, 6) is -0.336. The molecule has 0 fully saturated rings. The molecule has 1 unspecified atom stereocenters. The molecule has 0 saturated carbocycles. The quantitative estimate of drug-likeness (QED) is 0.369. The molecule has 2 rings (SSSR count). The van der Waals surface area contributed by atoms with Crippen LogP contribution in [-0.4, -0.2) is 12.4 Å². The molecule has 2 aromatic rings. The zero-order chi connectivity index (χ0) is 25.2. The Morgan fingerprint density at radius 1 is 0.656 bits per heavy atom. The highest BCUT2D eigenvalue weighted by atomic mass is 19.4. The lowest BCUT2D eigenvalue weighted by Crippen LogP contribution is -2.35. The monoisotopic (exact) mass is 470 g/mol. The molecule has 0 saturated heterocycles. The Kier molecular flexibility index (Phi) is 12.0. The van der Waals surface area contributed by atoms with E-state index in [-0.39, 0.29) is 31.4 Å². The number of hydrogen-bond acceptors (Lipinski definition) is 0. The van der Waals surface area contributed by atoms with E-state index in [1.54, 1.807) is 24.3 Å². The summed E-state index contributed by atoms with van der Waals surface area (Å²) in [6.45, 7) is 6.57. The number of hydrogen-bond donors (Lipinski definition) is 0. The smallest absolute Gasteiger partial charge is 0.207 e. The summed E-state index contributed by atoms with van der Waals surface area (Å²) in [7, 11) is 0. The zero-order valence-electron chi connectivity index (χ0n) is 18.8. The maximum atomic E-state index is 14.5. The van der Waals surface area contributed by atoms with Gasteiger partial charge in [0.1, 0.15) is 11.6 Å². The summed E-state index contributed by atoms with van der Waals surface area (Å²) < 4.78 is 91.2. The maximum Gasteiger partial charge on any atom is 0.386 e. The second kappa shape index (κ2) is 12.8. The number of alkyl halides is 6. The fraction of sp³-hybridized carbons (Fsp3) is 0.500. The highest BCUT2D eigenvalue weighted by Crippen LogP contribution is 2.44. The molecule has 0 heterocycles. The molecule has 0 aliphatic rings. The number of rotatable bonds is 6. The average molecular weight is 470 g/mol. The van der Waals surface area contributed by atoms with Crippen LogP contribution in [0.2, 0.25) is 0 Å². The van der Waals surface area contributed by atoms with Crippen molar-refractivity contribution in [2.24, 2.45) is 5.92 Å². The molecule has 0 amide bonds. The molecule has 0 spiro atoms. The third kappa shape index (κ3) is 11.0. The Bertz CT molecular complexity index is 724. The van der Waals surface area contributed by atoms with Crippen LogP contribution in [0.15, 0.2) is 48.5 Å². The first-order chi connectivity index (χ1) is 14.6. The summed E-state index contributed by atoms with van der Waals surface area (Å²) in [6.07, 6.45) is -5.18. The molecule has 8 heteroatoms. The van der Waals surface area contributed by atoms with Gasteiger partial charge in [0.15, 0.2) is 0 Å². The molecule has 0 bridgehead atoms. The van der Waals surface area contributed by atoms with Crippen LogP contribution in [0, 0.1) is 17.6 Å². The fourth-order valence-corrected chi connectivity index (χ4v) is 3.60. The molecule has 0 nitrogen and oxygen atoms in total. The maximum absolute atomic E-state index is 14.5. The van der Waals surface area contributed by atoms with E-state index >= 15 is 0 Å². The molecule has 32 heavy (non-hydrogen) atoms. The normalized spacial score (nSPS) is 12.8. The van der Waals surface area contributed by atoms with Crippen molar-refractivity contribution in [3.63, 3.8) is 0 Å². The van der Waals surface area contributed by atoms with E-state index in [0.717, 1.165) is 19.3 Å². The van der Waals surface area contributed by atoms with Gasteiger partial charge < -0.3 is 0 Å². The van der Waals surface area contributed by atoms with Gasteiger partial charge >= 0.3 is 12.4 Å². The van der Waals surface area contributed by atoms with Gasteiger partial charge in [0.2, 0.25) is 0 Å². The van der Waals surface area contributed by atoms with Gasteiger partial charge in [-0.25, -0.2) is 8.78 Å². The second-order valence-corrected chi connectivity index (χ2v) is 7.62. The Hall–Kier alpha value is -2.12. The van der Waals surface area contributed by atoms with Crippen LogP contribution in [0.4, 0.5) is 35.1 Å². The molecule has 0 N–H and O–H groups in total. The summed E-state index contributed by atoms with van der Waals surface area (Å²) >= 11 is 0. The van der Waals surface area contributed by atoms with Crippen LogP contribution in [0.3, 0.4) is 0 Å². The molecular formula is C24H30F8. The molecule has 0 radical (unpaired) electrons. The molecule has 2 aromatic carbocycles. The van der Waals surface area contributed by atoms with E-state index in [9.17, 15) is 35.1 Å². The van der Waals surface area contributed by atoms with Crippen LogP contribution in [0.5, 0.6) is 0 Å². The van der Waals surface area contributed by atoms with E-state index in [0.29, 0.717) is 11.1 Å². The van der Waals surface area contributed by atoms with E-state index < -0.39 is 17.8 Å². The van der Waals surface area contributed by atoms with Crippen molar-refractivity contribution >= 4 is 0 Å². The third-order valence-corrected chi connectivity index (χ3v) is 4.81. The predicted octanol–water partition coefficient (Wildman–Crippen LogP) is 9.23. The summed E-state index contributed by atoms with van der Waals surface area (Å²) in [4.78, 5) is 0. The van der Waals surface area contributed by atoms with Gasteiger partial charge in [-0.05, 0) is 35.6 Å². The van der Waals surface area contributed by atoms with E-state index in [2.05, 4.69) is 13.8 Å². The van der Waals surface area contributed by atoms with Gasteiger partial charge in [0, 0.05) is 19.3 Å². The lowest BCUT2D eigenvalue weighted by Gasteiger charge is -2.39. The fourth-order valence-electron chi connectivity index (χ4n) is 3.60. The van der Waals surface area contributed by atoms with Crippen molar-refractivity contribution in [1.82, 2.24) is 0 Å². The van der Waals surface area contributed by atoms with Crippen LogP contribution in [-0.2, 0) is 5.41 Å². The van der Waals surface area contributed by atoms with Crippen molar-refractivity contribution in [1.29, 1.82) is 0 Å². The molecule has 0 aliphatic carbocycles. The predicted molar refractivity (Wildman–Crippen MR) is 111 cm³/mol. The van der Waals surface area contributed by atoms with Gasteiger partial charge in [0.05, 0.1) is 0 Å². The SMILES string of the molecule is CC(F)(F)F.CC(F)(F)F.CCCC(CC)C(C)(c1ccccc1F)c1ccccc1F. The van der Waals surface area contributed by atoms with Crippen LogP contribution in [0.1, 0.15) is 65.0 Å². The minimum absolute atomic E-state index is 0.186. The first-order valence-electron chi connectivity index (χ1n) is 10.2. The zero-order valence-corrected chi connectivity index (χ0v) is 18.8. The van der Waals surface area contributed by atoms with Crippen molar-refractivity contribution < 1.29 is 35.1 Å². The lowest BCUT2D eigenvalue weighted by molar-refractivity contribution is -0.111. The summed E-state index contributed by atoms with van der Waals surface area (Å²) in [5.41, 5.74) is 0.502. The van der Waals surface area contributed by atoms with Crippen LogP contribution in [0.25, 0.3) is 0 Å². The van der Waals surface area contributed by atoms with Crippen molar-refractivity contribution in [2.75, 3.05) is 0 Å². The highest BCUT2D eigenvalue weighted by molar-refractivity contribution is 5.41. The van der Waals surface area contributed by atoms with E-state index in [4.69, 9.17) is 0 Å².